The molecule has 0 amide bonds. The van der Waals surface area contributed by atoms with Gasteiger partial charge in [-0.15, -0.1) is 0 Å². The summed E-state index contributed by atoms with van der Waals surface area (Å²) >= 11 is 0. The summed E-state index contributed by atoms with van der Waals surface area (Å²) in [7, 11) is 3.37. The Balaban J connectivity index is 2.41. The smallest absolute Gasteiger partial charge is 0.165 e. The van der Waals surface area contributed by atoms with Gasteiger partial charge in [0.05, 0.1) is 26.1 Å². The van der Waals surface area contributed by atoms with E-state index in [9.17, 15) is 0 Å². The Morgan fingerprint density at radius 3 is 3.07 bits per heavy atom. The molecular formula is C9H12N5O. The van der Waals surface area contributed by atoms with Crippen molar-refractivity contribution >= 4 is 17.0 Å². The van der Waals surface area contributed by atoms with Crippen LogP contribution in [0.25, 0.3) is 11.2 Å². The molecule has 2 N–H and O–H groups in total. The lowest BCUT2D eigenvalue weighted by Gasteiger charge is -2.09. The van der Waals surface area contributed by atoms with E-state index in [-0.39, 0.29) is 6.10 Å². The molecule has 0 aromatic carbocycles. The summed E-state index contributed by atoms with van der Waals surface area (Å²) in [4.78, 5) is 12.1. The third-order valence-corrected chi connectivity index (χ3v) is 2.17. The number of nitrogen functional groups attached to an aromatic ring is 1. The highest BCUT2D eigenvalue weighted by Crippen LogP contribution is 2.14. The predicted octanol–water partition coefficient (Wildman–Crippen LogP) is 0.605. The fraction of sp³-hybridized carbons (Fsp3) is 0.333. The molecule has 0 saturated heterocycles. The molecule has 2 aromatic rings. The van der Waals surface area contributed by atoms with Crippen LogP contribution in [-0.4, -0.2) is 25.6 Å². The molecule has 0 bridgehead atoms. The first kappa shape index (κ1) is 9.85. The van der Waals surface area contributed by atoms with E-state index in [0.717, 1.165) is 0 Å². The second kappa shape index (κ2) is 3.82. The van der Waals surface area contributed by atoms with E-state index in [1.165, 1.54) is 6.33 Å². The van der Waals surface area contributed by atoms with Gasteiger partial charge in [-0.2, -0.15) is 0 Å². The molecule has 6 heteroatoms. The van der Waals surface area contributed by atoms with E-state index in [0.29, 0.717) is 23.5 Å². The maximum Gasteiger partial charge on any atom is 0.165 e. The van der Waals surface area contributed by atoms with Gasteiger partial charge in [0, 0.05) is 0 Å². The van der Waals surface area contributed by atoms with Crippen LogP contribution in [0, 0.1) is 7.11 Å². The number of nitrogens with two attached hydrogens (primary N) is 1. The highest BCUT2D eigenvalue weighted by molar-refractivity contribution is 5.81. The van der Waals surface area contributed by atoms with Crippen molar-refractivity contribution < 1.29 is 4.74 Å². The molecule has 0 aliphatic heterocycles. The highest BCUT2D eigenvalue weighted by atomic mass is 16.5. The molecule has 0 aliphatic carbocycles. The van der Waals surface area contributed by atoms with Gasteiger partial charge in [0.2, 0.25) is 0 Å². The lowest BCUT2D eigenvalue weighted by atomic mass is 10.4. The van der Waals surface area contributed by atoms with Crippen molar-refractivity contribution in [1.82, 2.24) is 19.5 Å². The Labute approximate surface area is 87.1 Å². The van der Waals surface area contributed by atoms with Crippen LogP contribution in [0.1, 0.15) is 6.92 Å². The van der Waals surface area contributed by atoms with Crippen LogP contribution >= 0.6 is 0 Å². The molecule has 1 atom stereocenters. The molecule has 15 heavy (non-hydrogen) atoms. The normalized spacial score (nSPS) is 13.2. The Bertz CT molecular complexity index is 466. The third kappa shape index (κ3) is 1.75. The summed E-state index contributed by atoms with van der Waals surface area (Å²) in [5, 5.41) is 0. The number of rotatable bonds is 3. The van der Waals surface area contributed by atoms with Crippen LogP contribution in [0.3, 0.4) is 0 Å². The van der Waals surface area contributed by atoms with Gasteiger partial charge in [-0.3, -0.25) is 0 Å². The van der Waals surface area contributed by atoms with Gasteiger partial charge in [0.25, 0.3) is 0 Å². The number of fused-ring (bicyclic) bond motifs is 1. The topological polar surface area (TPSA) is 78.9 Å². The summed E-state index contributed by atoms with van der Waals surface area (Å²) in [6, 6.07) is 0. The molecule has 0 aliphatic rings. The van der Waals surface area contributed by atoms with Crippen molar-refractivity contribution in [3.8, 4) is 0 Å². The first-order chi connectivity index (χ1) is 7.22. The Kier molecular flexibility index (Phi) is 2.51. The quantitative estimate of drug-likeness (QED) is 0.795. The monoisotopic (exact) mass is 206 g/mol. The van der Waals surface area contributed by atoms with E-state index < -0.39 is 0 Å². The van der Waals surface area contributed by atoms with Crippen LogP contribution in [-0.2, 0) is 11.3 Å². The number of anilines is 1. The average molecular weight is 206 g/mol. The second-order valence-corrected chi connectivity index (χ2v) is 3.31. The zero-order valence-electron chi connectivity index (χ0n) is 8.42. The van der Waals surface area contributed by atoms with Crippen LogP contribution in [0.4, 0.5) is 5.82 Å². The van der Waals surface area contributed by atoms with E-state index in [1.807, 2.05) is 11.5 Å². The lowest BCUT2D eigenvalue weighted by Crippen LogP contribution is -2.13. The van der Waals surface area contributed by atoms with Crippen molar-refractivity contribution in [3.63, 3.8) is 0 Å². The number of hydrogen-bond acceptors (Lipinski definition) is 5. The standard InChI is InChI=1S/C9H12N5O/c1-6(15-2)3-14-5-13-7-8(10)11-4-12-9(7)14/h4-6H,2-3H2,1H3,(H2,10,11,12)/t6-/m1/s1. The van der Waals surface area contributed by atoms with Crippen LogP contribution in [0.5, 0.6) is 0 Å². The van der Waals surface area contributed by atoms with Crippen molar-refractivity contribution in [1.29, 1.82) is 0 Å². The van der Waals surface area contributed by atoms with Crippen molar-refractivity contribution in [2.24, 2.45) is 0 Å². The summed E-state index contributed by atoms with van der Waals surface area (Å²) in [5.41, 5.74) is 7.00. The molecule has 0 fully saturated rings. The van der Waals surface area contributed by atoms with Crippen LogP contribution in [0.15, 0.2) is 12.7 Å². The Morgan fingerprint density at radius 1 is 1.53 bits per heavy atom. The minimum atomic E-state index is -0.00131. The first-order valence-corrected chi connectivity index (χ1v) is 4.54. The van der Waals surface area contributed by atoms with Gasteiger partial charge in [-0.25, -0.2) is 15.0 Å². The predicted molar refractivity (Wildman–Crippen MR) is 55.6 cm³/mol. The van der Waals surface area contributed by atoms with Gasteiger partial charge < -0.3 is 15.0 Å². The van der Waals surface area contributed by atoms with E-state index >= 15 is 0 Å². The largest absolute Gasteiger partial charge is 0.382 e. The molecule has 0 saturated carbocycles. The maximum atomic E-state index is 5.66. The number of aromatic nitrogens is 4. The summed E-state index contributed by atoms with van der Waals surface area (Å²) in [6.45, 7) is 2.56. The van der Waals surface area contributed by atoms with Crippen LogP contribution < -0.4 is 5.73 Å². The minimum Gasteiger partial charge on any atom is -0.382 e. The van der Waals surface area contributed by atoms with Gasteiger partial charge in [-0.1, -0.05) is 0 Å². The number of hydrogen-bond donors (Lipinski definition) is 1. The molecule has 2 heterocycles. The summed E-state index contributed by atoms with van der Waals surface area (Å²) in [5.74, 6) is 0.391. The number of imidazole rings is 1. The minimum absolute atomic E-state index is 0.00131. The molecule has 79 valence electrons. The van der Waals surface area contributed by atoms with Gasteiger partial charge in [-0.05, 0) is 6.92 Å². The Hall–Kier alpha value is -1.69. The zero-order valence-corrected chi connectivity index (χ0v) is 8.42. The SMILES string of the molecule is [CH2]O[C@H](C)Cn1cnc2c(N)ncnc21. The molecular weight excluding hydrogens is 194 g/mol. The van der Waals surface area contributed by atoms with E-state index in [2.05, 4.69) is 22.1 Å². The fourth-order valence-corrected chi connectivity index (χ4v) is 1.36. The van der Waals surface area contributed by atoms with Gasteiger partial charge >= 0.3 is 0 Å². The molecule has 0 spiro atoms. The molecule has 2 aromatic heterocycles. The Morgan fingerprint density at radius 2 is 2.33 bits per heavy atom. The van der Waals surface area contributed by atoms with Crippen molar-refractivity contribution in [3.05, 3.63) is 19.8 Å². The maximum absolute atomic E-state index is 5.66. The fourth-order valence-electron chi connectivity index (χ4n) is 1.36. The number of nitrogens with zero attached hydrogens (tertiary/aromatic N) is 4. The van der Waals surface area contributed by atoms with Crippen molar-refractivity contribution in [2.45, 2.75) is 19.6 Å². The van der Waals surface area contributed by atoms with Crippen LogP contribution in [0.2, 0.25) is 0 Å². The lowest BCUT2D eigenvalue weighted by molar-refractivity contribution is 0.138. The van der Waals surface area contributed by atoms with Gasteiger partial charge in [0.1, 0.15) is 11.8 Å². The number of ether oxygens (including phenoxy) is 1. The molecule has 2 rings (SSSR count). The first-order valence-electron chi connectivity index (χ1n) is 4.54. The van der Waals surface area contributed by atoms with E-state index in [4.69, 9.17) is 10.5 Å². The van der Waals surface area contributed by atoms with E-state index in [1.54, 1.807) is 6.33 Å². The molecule has 6 nitrogen and oxygen atoms in total. The van der Waals surface area contributed by atoms with Crippen molar-refractivity contribution in [2.75, 3.05) is 5.73 Å². The summed E-state index contributed by atoms with van der Waals surface area (Å²) < 4.78 is 6.79. The third-order valence-electron chi connectivity index (χ3n) is 2.17. The highest BCUT2D eigenvalue weighted by Gasteiger charge is 2.09. The summed E-state index contributed by atoms with van der Waals surface area (Å²) in [6.07, 6.45) is 3.09. The molecule has 1 radical (unpaired) electrons. The second-order valence-electron chi connectivity index (χ2n) is 3.31. The van der Waals surface area contributed by atoms with Gasteiger partial charge in [0.15, 0.2) is 11.5 Å². The average Bonchev–Trinajstić information content (AvgIpc) is 2.63. The molecule has 0 unspecified atom stereocenters. The zero-order chi connectivity index (χ0) is 10.8.